The van der Waals surface area contributed by atoms with Crippen molar-refractivity contribution in [2.75, 3.05) is 22.6 Å². The fourth-order valence-electron chi connectivity index (χ4n) is 3.03. The predicted molar refractivity (Wildman–Crippen MR) is 106 cm³/mol. The molecule has 0 aliphatic carbocycles. The zero-order valence-electron chi connectivity index (χ0n) is 16.0. The fraction of sp³-hybridized carbons (Fsp3) is 0.600. The number of aromatic nitrogens is 2. The molecular weight excluding hydrogens is 519 g/mol. The molecule has 2 aliphatic rings. The van der Waals surface area contributed by atoms with Gasteiger partial charge in [0.25, 0.3) is 5.56 Å². The average molecular weight is 539 g/mol. The minimum Gasteiger partial charge on any atom is -0.387 e. The lowest BCUT2D eigenvalue weighted by Crippen LogP contribution is -2.53. The van der Waals surface area contributed by atoms with Crippen LogP contribution in [-0.4, -0.2) is 77.2 Å². The van der Waals surface area contributed by atoms with Gasteiger partial charge in [-0.25, -0.2) is 13.7 Å². The number of H-pyrrole nitrogens is 1. The number of aliphatic hydroxyl groups excluding tert-OH is 2. The van der Waals surface area contributed by atoms with Gasteiger partial charge in [0, 0.05) is 0 Å². The smallest absolute Gasteiger partial charge is 0.387 e. The van der Waals surface area contributed by atoms with Crippen molar-refractivity contribution < 1.29 is 57.1 Å². The van der Waals surface area contributed by atoms with Gasteiger partial charge in [0.1, 0.15) is 24.0 Å². The molecule has 1 aromatic heterocycles. The van der Waals surface area contributed by atoms with E-state index in [1.165, 1.54) is 0 Å². The molecule has 7 atom stereocenters. The van der Waals surface area contributed by atoms with Crippen molar-refractivity contribution >= 4 is 40.8 Å². The molecule has 0 amide bonds. The van der Waals surface area contributed by atoms with E-state index in [9.17, 15) is 38.5 Å². The minimum absolute atomic E-state index is 0.105. The Labute approximate surface area is 182 Å². The first-order valence-electron chi connectivity index (χ1n) is 8.58. The molecule has 20 nitrogen and oxygen atoms in total. The quantitative estimate of drug-likeness (QED) is 0.141. The summed E-state index contributed by atoms with van der Waals surface area (Å²) in [6.45, 7) is -1.01. The minimum atomic E-state index is -5.50. The van der Waals surface area contributed by atoms with Crippen molar-refractivity contribution in [1.82, 2.24) is 14.8 Å². The van der Waals surface area contributed by atoms with Gasteiger partial charge in [-0.2, -0.15) is 9.29 Å². The van der Waals surface area contributed by atoms with Gasteiger partial charge in [0.05, 0.1) is 6.61 Å². The van der Waals surface area contributed by atoms with Crippen molar-refractivity contribution in [1.29, 1.82) is 0 Å². The Morgan fingerprint density at radius 3 is 2.42 bits per heavy atom. The number of anilines is 3. The number of nitrogens with one attached hydrogen (secondary N) is 3. The van der Waals surface area contributed by atoms with Crippen LogP contribution in [0.1, 0.15) is 0 Å². The molecule has 2 aliphatic heterocycles. The van der Waals surface area contributed by atoms with Gasteiger partial charge in [0.15, 0.2) is 18.3 Å². The Morgan fingerprint density at radius 1 is 1.18 bits per heavy atom. The standard InChI is InChI=1S/C10H20N7O13P3/c11-9-14-6-3(7(20)15-9)13-10(12)17(6)8-5(19)4(18)2(29-8)1-28-33(26,27)30-32(24,25)16-31(21,22)23/h2,4-5,8,10,13,18-19H,1,12H2,(H,26,27)(H3,11,14,15,20)(H4,16,21,22,23,24,25)/t2-,4-,5-,8-,10-/m1/s1. The van der Waals surface area contributed by atoms with Gasteiger partial charge in [-0.15, -0.1) is 4.86 Å². The topological polar surface area (TPSA) is 325 Å². The summed E-state index contributed by atoms with van der Waals surface area (Å²) in [5, 5.41) is 23.2. The Hall–Kier alpha value is -1.47. The summed E-state index contributed by atoms with van der Waals surface area (Å²) in [6, 6.07) is 0. The molecule has 3 heterocycles. The van der Waals surface area contributed by atoms with E-state index in [0.29, 0.717) is 0 Å². The second kappa shape index (κ2) is 8.95. The molecule has 0 bridgehead atoms. The Kier molecular flexibility index (Phi) is 7.09. The van der Waals surface area contributed by atoms with Crippen LogP contribution in [0.5, 0.6) is 0 Å². The molecule has 1 fully saturated rings. The van der Waals surface area contributed by atoms with Crippen molar-refractivity contribution in [3.05, 3.63) is 10.4 Å². The van der Waals surface area contributed by atoms with Crippen LogP contribution in [-0.2, 0) is 27.3 Å². The molecule has 1 aromatic rings. The van der Waals surface area contributed by atoms with Crippen molar-refractivity contribution in [2.45, 2.75) is 30.8 Å². The van der Waals surface area contributed by atoms with E-state index < -0.39 is 66.3 Å². The average Bonchev–Trinajstić information content (AvgIpc) is 3.07. The van der Waals surface area contributed by atoms with Crippen LogP contribution in [0.2, 0.25) is 0 Å². The van der Waals surface area contributed by atoms with E-state index >= 15 is 0 Å². The number of phosphoric ester groups is 1. The number of aliphatic hydroxyl groups is 2. The lowest BCUT2D eigenvalue weighted by Gasteiger charge is -2.30. The monoisotopic (exact) mass is 539 g/mol. The van der Waals surface area contributed by atoms with Crippen LogP contribution in [0, 0.1) is 0 Å². The number of ether oxygens (including phenoxy) is 1. The van der Waals surface area contributed by atoms with Crippen molar-refractivity contribution in [2.24, 2.45) is 5.73 Å². The highest BCUT2D eigenvalue weighted by Crippen LogP contribution is 2.61. The van der Waals surface area contributed by atoms with Gasteiger partial charge in [-0.3, -0.25) is 24.9 Å². The highest BCUT2D eigenvalue weighted by molar-refractivity contribution is 7.70. The third kappa shape index (κ3) is 5.97. The Balaban J connectivity index is 1.71. The Bertz CT molecular complexity index is 1110. The summed E-state index contributed by atoms with van der Waals surface area (Å²) in [4.78, 5) is 56.0. The van der Waals surface area contributed by atoms with Gasteiger partial charge in [-0.05, 0) is 0 Å². The van der Waals surface area contributed by atoms with Crippen LogP contribution in [0.25, 0.3) is 0 Å². The van der Waals surface area contributed by atoms with E-state index in [4.69, 9.17) is 26.0 Å². The molecule has 1 saturated heterocycles. The second-order valence-electron chi connectivity index (χ2n) is 6.70. The van der Waals surface area contributed by atoms with Crippen molar-refractivity contribution in [3.8, 4) is 0 Å². The predicted octanol–water partition coefficient (Wildman–Crippen LogP) is -3.81. The van der Waals surface area contributed by atoms with Gasteiger partial charge in [0.2, 0.25) is 5.95 Å². The summed E-state index contributed by atoms with van der Waals surface area (Å²) in [7, 11) is -16.3. The zero-order chi connectivity index (χ0) is 24.9. The van der Waals surface area contributed by atoms with Crippen LogP contribution in [0.15, 0.2) is 4.79 Å². The van der Waals surface area contributed by atoms with Crippen LogP contribution < -0.4 is 32.1 Å². The molecular formula is C10H20N7O13P3. The highest BCUT2D eigenvalue weighted by Gasteiger charge is 2.50. The number of nitrogens with zero attached hydrogens (tertiary/aromatic N) is 2. The lowest BCUT2D eigenvalue weighted by molar-refractivity contribution is -0.0230. The van der Waals surface area contributed by atoms with E-state index in [1.54, 1.807) is 0 Å². The van der Waals surface area contributed by atoms with Crippen LogP contribution >= 0.6 is 23.3 Å². The number of phosphoric acid groups is 1. The first kappa shape index (κ1) is 26.1. The first-order chi connectivity index (χ1) is 15.0. The molecule has 188 valence electrons. The van der Waals surface area contributed by atoms with E-state index in [1.807, 2.05) is 0 Å². The zero-order valence-corrected chi connectivity index (χ0v) is 18.7. The maximum atomic E-state index is 12.0. The highest BCUT2D eigenvalue weighted by atomic mass is 31.3. The van der Waals surface area contributed by atoms with Gasteiger partial charge >= 0.3 is 23.3 Å². The summed E-state index contributed by atoms with van der Waals surface area (Å²) in [5.74, 6) is -0.411. The number of nitrogens with two attached hydrogens (primary N) is 2. The second-order valence-corrected chi connectivity index (χ2v) is 11.5. The summed E-state index contributed by atoms with van der Waals surface area (Å²) in [5.41, 5.74) is 10.6. The first-order valence-corrected chi connectivity index (χ1v) is 13.3. The Morgan fingerprint density at radius 2 is 1.82 bits per heavy atom. The van der Waals surface area contributed by atoms with Crippen LogP contribution in [0.4, 0.5) is 17.5 Å². The maximum Gasteiger partial charge on any atom is 0.480 e. The van der Waals surface area contributed by atoms with E-state index in [2.05, 4.69) is 24.1 Å². The molecule has 33 heavy (non-hydrogen) atoms. The molecule has 0 saturated carbocycles. The summed E-state index contributed by atoms with van der Waals surface area (Å²) in [6.07, 6.45) is -7.67. The summed E-state index contributed by atoms with van der Waals surface area (Å²) >= 11 is 0. The maximum absolute atomic E-state index is 12.0. The molecule has 13 N–H and O–H groups in total. The normalized spacial score (nSPS) is 31.0. The SMILES string of the molecule is Nc1nc2c(c(=O)[nH]1)N[C@@H](N)N2[C@@H]1O[C@H](COP(=O)(O)OP(=O)(O)NP(=O)(O)O)[C@@H](O)[C@H]1O. The van der Waals surface area contributed by atoms with E-state index in [0.717, 1.165) is 9.76 Å². The van der Waals surface area contributed by atoms with Gasteiger partial charge in [-0.1, -0.05) is 0 Å². The van der Waals surface area contributed by atoms with E-state index in [-0.39, 0.29) is 17.5 Å². The molecule has 23 heteroatoms. The number of fused-ring (bicyclic) bond motifs is 1. The number of hydrogen-bond donors (Lipinski definition) is 11. The molecule has 0 spiro atoms. The fourth-order valence-corrected chi connectivity index (χ4v) is 6.47. The largest absolute Gasteiger partial charge is 0.480 e. The third-order valence-corrected chi connectivity index (χ3v) is 8.48. The van der Waals surface area contributed by atoms with Crippen LogP contribution in [0.3, 0.4) is 0 Å². The third-order valence-electron chi connectivity index (χ3n) is 4.24. The molecule has 3 rings (SSSR count). The molecule has 2 unspecified atom stereocenters. The van der Waals surface area contributed by atoms with Gasteiger partial charge < -0.3 is 45.6 Å². The molecule has 0 aromatic carbocycles. The number of hydrogen-bond acceptors (Lipinski definition) is 14. The number of rotatable bonds is 8. The summed E-state index contributed by atoms with van der Waals surface area (Å²) < 4.78 is 47.8. The lowest BCUT2D eigenvalue weighted by atomic mass is 10.1. The number of nitrogen functional groups attached to an aromatic ring is 1. The number of aromatic amines is 1. The van der Waals surface area contributed by atoms with Crippen molar-refractivity contribution in [3.63, 3.8) is 0 Å². The molecule has 0 radical (unpaired) electrons.